The Morgan fingerprint density at radius 2 is 1.76 bits per heavy atom. The predicted molar refractivity (Wildman–Crippen MR) is 128 cm³/mol. The fourth-order valence-corrected chi connectivity index (χ4v) is 4.79. The summed E-state index contributed by atoms with van der Waals surface area (Å²) in [6, 6.07) is 13.1. The van der Waals surface area contributed by atoms with Crippen molar-refractivity contribution >= 4 is 18.0 Å². The van der Waals surface area contributed by atoms with Gasteiger partial charge in [0.1, 0.15) is 0 Å². The van der Waals surface area contributed by atoms with Crippen molar-refractivity contribution in [2.45, 2.75) is 44.7 Å². The van der Waals surface area contributed by atoms with Gasteiger partial charge in [0.25, 0.3) is 0 Å². The molecule has 174 valence electrons. The van der Waals surface area contributed by atoms with Crippen LogP contribution in [0.3, 0.4) is 0 Å². The molecule has 2 heterocycles. The number of aliphatic carboxylic acids is 1. The minimum absolute atomic E-state index is 0.0777. The quantitative estimate of drug-likeness (QED) is 0.499. The van der Waals surface area contributed by atoms with E-state index in [1.54, 1.807) is 4.90 Å². The second kappa shape index (κ2) is 9.85. The third-order valence-corrected chi connectivity index (χ3v) is 6.79. The summed E-state index contributed by atoms with van der Waals surface area (Å²) in [5, 5.41) is 15.9. The van der Waals surface area contributed by atoms with Crippen LogP contribution in [0.1, 0.15) is 65.2 Å². The van der Waals surface area contributed by atoms with Crippen LogP contribution in [-0.4, -0.2) is 59.2 Å². The average molecular weight is 449 g/mol. The standard InChI is InChI=1S/C26H32N4O3/c1-2-26(27)23-16-22(11-10-20(23)12-15-29(26)18-24(31)32)25(33)21-8-6-19(7-9-21)17-28-30-13-4-3-5-14-30/h6-11,16-17H,2-5,12-15,18,27H2,1H3,(H,31,32). The Hall–Kier alpha value is -3.03. The van der Waals surface area contributed by atoms with Gasteiger partial charge >= 0.3 is 5.97 Å². The van der Waals surface area contributed by atoms with Crippen molar-refractivity contribution < 1.29 is 14.7 Å². The molecule has 0 amide bonds. The van der Waals surface area contributed by atoms with Gasteiger partial charge in [-0.2, -0.15) is 5.10 Å². The molecule has 1 saturated heterocycles. The average Bonchev–Trinajstić information content (AvgIpc) is 2.84. The van der Waals surface area contributed by atoms with Crippen molar-refractivity contribution in [3.63, 3.8) is 0 Å². The van der Waals surface area contributed by atoms with Crippen LogP contribution >= 0.6 is 0 Å². The monoisotopic (exact) mass is 448 g/mol. The summed E-state index contributed by atoms with van der Waals surface area (Å²) in [5.74, 6) is -0.982. The summed E-state index contributed by atoms with van der Waals surface area (Å²) >= 11 is 0. The van der Waals surface area contributed by atoms with Gasteiger partial charge in [0.2, 0.25) is 0 Å². The maximum Gasteiger partial charge on any atom is 0.317 e. The van der Waals surface area contributed by atoms with E-state index in [1.807, 2.05) is 55.6 Å². The molecule has 1 unspecified atom stereocenters. The highest BCUT2D eigenvalue weighted by molar-refractivity contribution is 6.09. The van der Waals surface area contributed by atoms with Gasteiger partial charge in [-0.1, -0.05) is 43.3 Å². The van der Waals surface area contributed by atoms with Gasteiger partial charge in [-0.25, -0.2) is 0 Å². The van der Waals surface area contributed by atoms with Crippen LogP contribution < -0.4 is 5.73 Å². The largest absolute Gasteiger partial charge is 0.480 e. The van der Waals surface area contributed by atoms with Crippen LogP contribution in [0.4, 0.5) is 0 Å². The number of rotatable bonds is 7. The van der Waals surface area contributed by atoms with Gasteiger partial charge in [-0.05, 0) is 54.9 Å². The lowest BCUT2D eigenvalue weighted by molar-refractivity contribution is -0.140. The maximum absolute atomic E-state index is 13.2. The van der Waals surface area contributed by atoms with E-state index in [0.717, 1.165) is 29.8 Å². The number of nitrogens with two attached hydrogens (primary N) is 1. The predicted octanol–water partition coefficient (Wildman–Crippen LogP) is 3.20. The first-order valence-corrected chi connectivity index (χ1v) is 11.7. The Morgan fingerprint density at radius 1 is 1.06 bits per heavy atom. The molecule has 2 aromatic rings. The number of piperidine rings is 1. The molecule has 33 heavy (non-hydrogen) atoms. The van der Waals surface area contributed by atoms with Crippen molar-refractivity contribution in [3.05, 3.63) is 70.3 Å². The molecule has 4 rings (SSSR count). The molecule has 0 aliphatic carbocycles. The van der Waals surface area contributed by atoms with E-state index < -0.39 is 11.6 Å². The van der Waals surface area contributed by atoms with E-state index in [0.29, 0.717) is 30.5 Å². The number of carbonyl (C=O) groups excluding carboxylic acids is 1. The fraction of sp³-hybridized carbons (Fsp3) is 0.423. The SMILES string of the molecule is CCC1(N)c2cc(C(=O)c3ccc(C=NN4CCCCC4)cc3)ccc2CCN1CC(=O)O. The summed E-state index contributed by atoms with van der Waals surface area (Å²) in [4.78, 5) is 26.4. The number of ketones is 1. The molecule has 0 saturated carbocycles. The molecule has 7 heteroatoms. The number of hydrazone groups is 1. The lowest BCUT2D eigenvalue weighted by atomic mass is 9.84. The molecule has 0 bridgehead atoms. The smallest absolute Gasteiger partial charge is 0.317 e. The Kier molecular flexibility index (Phi) is 6.91. The summed E-state index contributed by atoms with van der Waals surface area (Å²) in [5.41, 5.74) is 9.84. The van der Waals surface area contributed by atoms with Crippen molar-refractivity contribution in [3.8, 4) is 0 Å². The highest BCUT2D eigenvalue weighted by atomic mass is 16.4. The molecule has 0 radical (unpaired) electrons. The molecular weight excluding hydrogens is 416 g/mol. The second-order valence-electron chi connectivity index (χ2n) is 8.93. The molecule has 2 aliphatic rings. The summed E-state index contributed by atoms with van der Waals surface area (Å²) in [6.07, 6.45) is 6.74. The first-order chi connectivity index (χ1) is 15.9. The van der Waals surface area contributed by atoms with Crippen molar-refractivity contribution in [2.75, 3.05) is 26.2 Å². The first kappa shape index (κ1) is 23.1. The van der Waals surface area contributed by atoms with Crippen LogP contribution in [0, 0.1) is 0 Å². The van der Waals surface area contributed by atoms with Gasteiger partial charge in [0, 0.05) is 30.8 Å². The zero-order valence-electron chi connectivity index (χ0n) is 19.2. The molecule has 7 nitrogen and oxygen atoms in total. The van der Waals surface area contributed by atoms with Crippen molar-refractivity contribution in [2.24, 2.45) is 10.8 Å². The zero-order valence-corrected chi connectivity index (χ0v) is 19.2. The summed E-state index contributed by atoms with van der Waals surface area (Å²) < 4.78 is 0. The number of carboxylic acids is 1. The number of carbonyl (C=O) groups is 2. The van der Waals surface area contributed by atoms with Crippen LogP contribution in [-0.2, 0) is 16.9 Å². The van der Waals surface area contributed by atoms with E-state index in [-0.39, 0.29) is 12.3 Å². The molecule has 0 aromatic heterocycles. The molecule has 3 N–H and O–H groups in total. The van der Waals surface area contributed by atoms with Crippen molar-refractivity contribution in [1.82, 2.24) is 9.91 Å². The topological polar surface area (TPSA) is 99.2 Å². The van der Waals surface area contributed by atoms with Gasteiger partial charge in [-0.3, -0.25) is 19.5 Å². The van der Waals surface area contributed by atoms with Crippen molar-refractivity contribution in [1.29, 1.82) is 0 Å². The number of hydrogen-bond donors (Lipinski definition) is 2. The third kappa shape index (κ3) is 4.99. The third-order valence-electron chi connectivity index (χ3n) is 6.79. The minimum Gasteiger partial charge on any atom is -0.480 e. The number of nitrogens with zero attached hydrogens (tertiary/aromatic N) is 3. The fourth-order valence-electron chi connectivity index (χ4n) is 4.79. The maximum atomic E-state index is 13.2. The van der Waals surface area contributed by atoms with E-state index in [9.17, 15) is 14.7 Å². The number of benzene rings is 2. The summed E-state index contributed by atoms with van der Waals surface area (Å²) in [7, 11) is 0. The highest BCUT2D eigenvalue weighted by Gasteiger charge is 2.39. The number of hydrogen-bond acceptors (Lipinski definition) is 6. The minimum atomic E-state index is -0.906. The molecule has 1 atom stereocenters. The zero-order chi connectivity index (χ0) is 23.4. The van der Waals surface area contributed by atoms with Gasteiger partial charge in [-0.15, -0.1) is 0 Å². The van der Waals surface area contributed by atoms with E-state index in [1.165, 1.54) is 19.3 Å². The Bertz CT molecular complexity index is 1040. The number of carboxylic acid groups (broad SMARTS) is 1. The summed E-state index contributed by atoms with van der Waals surface area (Å²) in [6.45, 7) is 4.40. The van der Waals surface area contributed by atoms with E-state index in [2.05, 4.69) is 10.1 Å². The van der Waals surface area contributed by atoms with Gasteiger partial charge in [0.15, 0.2) is 5.78 Å². The van der Waals surface area contributed by atoms with Crippen LogP contribution in [0.15, 0.2) is 47.6 Å². The van der Waals surface area contributed by atoms with E-state index in [4.69, 9.17) is 5.73 Å². The molecule has 1 fully saturated rings. The van der Waals surface area contributed by atoms with Gasteiger partial charge in [0.05, 0.1) is 18.4 Å². The Morgan fingerprint density at radius 3 is 2.42 bits per heavy atom. The van der Waals surface area contributed by atoms with Crippen LogP contribution in [0.5, 0.6) is 0 Å². The lowest BCUT2D eigenvalue weighted by Crippen LogP contribution is -2.57. The highest BCUT2D eigenvalue weighted by Crippen LogP contribution is 2.35. The number of fused-ring (bicyclic) bond motifs is 1. The molecule has 0 spiro atoms. The Labute approximate surface area is 194 Å². The first-order valence-electron chi connectivity index (χ1n) is 11.7. The van der Waals surface area contributed by atoms with E-state index >= 15 is 0 Å². The Balaban J connectivity index is 1.54. The lowest BCUT2D eigenvalue weighted by Gasteiger charge is -2.44. The van der Waals surface area contributed by atoms with Gasteiger partial charge < -0.3 is 10.8 Å². The molecule has 2 aromatic carbocycles. The molecule has 2 aliphatic heterocycles. The van der Waals surface area contributed by atoms with Crippen LogP contribution in [0.2, 0.25) is 0 Å². The second-order valence-corrected chi connectivity index (χ2v) is 8.93. The molecular formula is C26H32N4O3. The normalized spacial score (nSPS) is 21.2. The van der Waals surface area contributed by atoms with Crippen LogP contribution in [0.25, 0.3) is 0 Å².